The highest BCUT2D eigenvalue weighted by Crippen LogP contribution is 2.31. The summed E-state index contributed by atoms with van der Waals surface area (Å²) in [6.07, 6.45) is -2.65. The Balaban J connectivity index is 1.76. The molecule has 0 aromatic rings. The van der Waals surface area contributed by atoms with Crippen molar-refractivity contribution in [2.75, 3.05) is 18.1 Å². The molecule has 2 rings (SSSR count). The third-order valence-corrected chi connectivity index (χ3v) is 5.31. The predicted molar refractivity (Wildman–Crippen MR) is 69.6 cm³/mol. The molecule has 2 fully saturated rings. The summed E-state index contributed by atoms with van der Waals surface area (Å²) in [4.78, 5) is 12.0. The zero-order valence-electron chi connectivity index (χ0n) is 11.0. The van der Waals surface area contributed by atoms with Crippen LogP contribution in [0.15, 0.2) is 0 Å². The maximum Gasteiger partial charge on any atom is 0.393 e. The van der Waals surface area contributed by atoms with Gasteiger partial charge in [0.15, 0.2) is 0 Å². The van der Waals surface area contributed by atoms with E-state index in [1.807, 2.05) is 0 Å². The van der Waals surface area contributed by atoms with Gasteiger partial charge in [0.2, 0.25) is 5.91 Å². The minimum atomic E-state index is -4.19. The van der Waals surface area contributed by atoms with Gasteiger partial charge in [-0.15, -0.1) is 0 Å². The summed E-state index contributed by atoms with van der Waals surface area (Å²) in [6.45, 7) is -0.198. The number of carbonyl (C=O) groups is 1. The number of halogens is 3. The SMILES string of the molecule is O=C(NC1CCS(=O)CC1)C1CCC(C(F)(F)F)CN1. The number of piperidine rings is 1. The first-order valence-electron chi connectivity index (χ1n) is 6.81. The Hall–Kier alpha value is -0.630. The van der Waals surface area contributed by atoms with Crippen molar-refractivity contribution in [2.24, 2.45) is 5.92 Å². The van der Waals surface area contributed by atoms with Crippen LogP contribution in [0.4, 0.5) is 13.2 Å². The smallest absolute Gasteiger partial charge is 0.352 e. The van der Waals surface area contributed by atoms with Gasteiger partial charge in [0.1, 0.15) is 0 Å². The number of nitrogens with one attached hydrogen (secondary N) is 2. The summed E-state index contributed by atoms with van der Waals surface area (Å²) in [5.74, 6) is -0.426. The van der Waals surface area contributed by atoms with Crippen molar-refractivity contribution in [3.63, 3.8) is 0 Å². The monoisotopic (exact) mass is 312 g/mol. The van der Waals surface area contributed by atoms with Gasteiger partial charge >= 0.3 is 6.18 Å². The Kier molecular flexibility index (Phi) is 5.06. The fourth-order valence-corrected chi connectivity index (χ4v) is 3.90. The zero-order valence-corrected chi connectivity index (χ0v) is 11.9. The van der Waals surface area contributed by atoms with E-state index in [4.69, 9.17) is 0 Å². The summed E-state index contributed by atoms with van der Waals surface area (Å²) < 4.78 is 48.7. The second kappa shape index (κ2) is 6.43. The topological polar surface area (TPSA) is 58.2 Å². The van der Waals surface area contributed by atoms with E-state index in [0.717, 1.165) is 0 Å². The number of hydrogen-bond donors (Lipinski definition) is 2. The normalized spacial score (nSPS) is 35.5. The summed E-state index contributed by atoms with van der Waals surface area (Å²) in [7, 11) is -0.787. The minimum absolute atomic E-state index is 0.00217. The Morgan fingerprint density at radius 3 is 2.30 bits per heavy atom. The van der Waals surface area contributed by atoms with Crippen LogP contribution in [0.5, 0.6) is 0 Å². The molecule has 0 bridgehead atoms. The zero-order chi connectivity index (χ0) is 14.8. The molecule has 2 saturated heterocycles. The lowest BCUT2D eigenvalue weighted by atomic mass is 9.93. The first-order valence-corrected chi connectivity index (χ1v) is 8.30. The summed E-state index contributed by atoms with van der Waals surface area (Å²) in [5.41, 5.74) is 0. The second-order valence-corrected chi connectivity index (χ2v) is 7.10. The van der Waals surface area contributed by atoms with Crippen molar-refractivity contribution in [3.8, 4) is 0 Å². The highest BCUT2D eigenvalue weighted by atomic mass is 32.2. The quantitative estimate of drug-likeness (QED) is 0.798. The second-order valence-electron chi connectivity index (χ2n) is 5.41. The van der Waals surface area contributed by atoms with Gasteiger partial charge < -0.3 is 10.6 Å². The number of amides is 1. The van der Waals surface area contributed by atoms with Gasteiger partial charge in [-0.2, -0.15) is 13.2 Å². The lowest BCUT2D eigenvalue weighted by Crippen LogP contribution is -2.53. The molecule has 0 aliphatic carbocycles. The van der Waals surface area contributed by atoms with Crippen molar-refractivity contribution in [3.05, 3.63) is 0 Å². The van der Waals surface area contributed by atoms with Gasteiger partial charge in [-0.25, -0.2) is 0 Å². The van der Waals surface area contributed by atoms with Crippen LogP contribution >= 0.6 is 0 Å². The van der Waals surface area contributed by atoms with Crippen LogP contribution < -0.4 is 10.6 Å². The van der Waals surface area contributed by atoms with Gasteiger partial charge in [0.25, 0.3) is 0 Å². The first-order chi connectivity index (χ1) is 9.36. The van der Waals surface area contributed by atoms with Crippen molar-refractivity contribution in [1.82, 2.24) is 10.6 Å². The van der Waals surface area contributed by atoms with Gasteiger partial charge in [-0.3, -0.25) is 9.00 Å². The van der Waals surface area contributed by atoms with Gasteiger partial charge in [0.05, 0.1) is 12.0 Å². The third-order valence-electron chi connectivity index (χ3n) is 3.93. The minimum Gasteiger partial charge on any atom is -0.352 e. The van der Waals surface area contributed by atoms with E-state index in [1.54, 1.807) is 0 Å². The van der Waals surface area contributed by atoms with Crippen LogP contribution in [0.25, 0.3) is 0 Å². The summed E-state index contributed by atoms with van der Waals surface area (Å²) in [5, 5.41) is 5.53. The molecular weight excluding hydrogens is 293 g/mol. The van der Waals surface area contributed by atoms with Crippen LogP contribution in [0.3, 0.4) is 0 Å². The van der Waals surface area contributed by atoms with Crippen LogP contribution in [-0.4, -0.2) is 46.4 Å². The molecule has 2 atom stereocenters. The maximum atomic E-state index is 12.5. The van der Waals surface area contributed by atoms with E-state index in [9.17, 15) is 22.2 Å². The standard InChI is InChI=1S/C12H19F3N2O2S/c13-12(14,15)8-1-2-10(16-7-8)11(18)17-9-3-5-20(19)6-4-9/h8-10,16H,1-7H2,(H,17,18). The molecular formula is C12H19F3N2O2S. The third kappa shape index (κ3) is 4.18. The van der Waals surface area contributed by atoms with Gasteiger partial charge in [-0.1, -0.05) is 0 Å². The van der Waals surface area contributed by atoms with Crippen molar-refractivity contribution >= 4 is 16.7 Å². The van der Waals surface area contributed by atoms with Crippen molar-refractivity contribution < 1.29 is 22.2 Å². The fraction of sp³-hybridized carbons (Fsp3) is 0.917. The highest BCUT2D eigenvalue weighted by molar-refractivity contribution is 7.85. The molecule has 2 heterocycles. The molecule has 0 spiro atoms. The van der Waals surface area contributed by atoms with E-state index in [2.05, 4.69) is 10.6 Å². The Bertz CT molecular complexity index is 371. The maximum absolute atomic E-state index is 12.5. The number of carbonyl (C=O) groups excluding carboxylic acids is 1. The van der Waals surface area contributed by atoms with Crippen molar-refractivity contribution in [1.29, 1.82) is 0 Å². The lowest BCUT2D eigenvalue weighted by molar-refractivity contribution is -0.180. The summed E-state index contributed by atoms with van der Waals surface area (Å²) in [6, 6.07) is -0.539. The van der Waals surface area contributed by atoms with E-state index in [0.29, 0.717) is 24.3 Å². The molecule has 2 unspecified atom stereocenters. The molecule has 2 aliphatic rings. The molecule has 0 radical (unpaired) electrons. The highest BCUT2D eigenvalue weighted by Gasteiger charge is 2.42. The van der Waals surface area contributed by atoms with Gasteiger partial charge in [0, 0.05) is 34.9 Å². The largest absolute Gasteiger partial charge is 0.393 e. The molecule has 8 heteroatoms. The Morgan fingerprint density at radius 2 is 1.80 bits per heavy atom. The van der Waals surface area contributed by atoms with E-state index in [-0.39, 0.29) is 31.3 Å². The molecule has 0 aromatic heterocycles. The number of rotatable bonds is 2. The lowest BCUT2D eigenvalue weighted by Gasteiger charge is -2.32. The average Bonchev–Trinajstić information content (AvgIpc) is 2.40. The average molecular weight is 312 g/mol. The summed E-state index contributed by atoms with van der Waals surface area (Å²) >= 11 is 0. The predicted octanol–water partition coefficient (Wildman–Crippen LogP) is 0.944. The Morgan fingerprint density at radius 1 is 1.15 bits per heavy atom. The number of alkyl halides is 3. The molecule has 4 nitrogen and oxygen atoms in total. The Labute approximate surface area is 118 Å². The molecule has 116 valence electrons. The van der Waals surface area contributed by atoms with E-state index >= 15 is 0 Å². The molecule has 0 aromatic carbocycles. The van der Waals surface area contributed by atoms with Crippen molar-refractivity contribution in [2.45, 2.75) is 43.9 Å². The molecule has 1 amide bonds. The van der Waals surface area contributed by atoms with Crippen LogP contribution in [0.1, 0.15) is 25.7 Å². The molecule has 2 aliphatic heterocycles. The molecule has 20 heavy (non-hydrogen) atoms. The molecule has 0 saturated carbocycles. The van der Waals surface area contributed by atoms with Crippen LogP contribution in [0, 0.1) is 5.92 Å². The van der Waals surface area contributed by atoms with Crippen LogP contribution in [-0.2, 0) is 15.6 Å². The number of hydrogen-bond acceptors (Lipinski definition) is 3. The van der Waals surface area contributed by atoms with E-state index in [1.165, 1.54) is 0 Å². The van der Waals surface area contributed by atoms with Crippen LogP contribution in [0.2, 0.25) is 0 Å². The van der Waals surface area contributed by atoms with E-state index < -0.39 is 28.9 Å². The van der Waals surface area contributed by atoms with Gasteiger partial charge in [-0.05, 0) is 25.7 Å². The molecule has 2 N–H and O–H groups in total. The first kappa shape index (κ1) is 15.8. The fourth-order valence-electron chi connectivity index (χ4n) is 2.60.